The molecule has 0 N–H and O–H groups in total. The van der Waals surface area contributed by atoms with Crippen LogP contribution >= 0.6 is 0 Å². The van der Waals surface area contributed by atoms with Gasteiger partial charge in [-0.2, -0.15) is 0 Å². The molecule has 7 heteroatoms. The third-order valence-electron chi connectivity index (χ3n) is 3.00. The molecule has 0 aliphatic rings. The van der Waals surface area contributed by atoms with Crippen molar-refractivity contribution in [1.82, 2.24) is 0 Å². The minimum absolute atomic E-state index is 0.135. The molecule has 0 spiro atoms. The molecular weight excluding hydrogens is 276 g/mol. The molecule has 0 fully saturated rings. The fraction of sp³-hybridized carbons (Fsp3) is 0.0714. The van der Waals surface area contributed by atoms with Crippen LogP contribution < -0.4 is 0 Å². The summed E-state index contributed by atoms with van der Waals surface area (Å²) in [5, 5.41) is 22.2. The van der Waals surface area contributed by atoms with Gasteiger partial charge in [0, 0.05) is 11.1 Å². The lowest BCUT2D eigenvalue weighted by Gasteiger charge is -2.05. The van der Waals surface area contributed by atoms with Crippen molar-refractivity contribution in [3.63, 3.8) is 0 Å². The molecule has 0 aliphatic carbocycles. The Morgan fingerprint density at radius 2 is 1.48 bits per heavy atom. The maximum Gasteiger partial charge on any atom is 0.357 e. The number of aryl methyl sites for hydroxylation is 1. The minimum Gasteiger partial charge on any atom is -0.288 e. The first-order valence-corrected chi connectivity index (χ1v) is 5.95. The van der Waals surface area contributed by atoms with Crippen LogP contribution in [0.15, 0.2) is 42.5 Å². The highest BCUT2D eigenvalue weighted by atomic mass is 16.6. The third-order valence-corrected chi connectivity index (χ3v) is 3.00. The number of benzene rings is 2. The van der Waals surface area contributed by atoms with Crippen LogP contribution in [-0.2, 0) is 0 Å². The van der Waals surface area contributed by atoms with E-state index in [1.165, 1.54) is 31.2 Å². The zero-order chi connectivity index (χ0) is 15.6. The normalized spacial score (nSPS) is 10.1. The molecule has 0 bridgehead atoms. The fourth-order valence-corrected chi connectivity index (χ4v) is 2.02. The maximum absolute atomic E-state index is 12.3. The number of carbonyl (C=O) groups is 1. The molecule has 7 nitrogen and oxygen atoms in total. The van der Waals surface area contributed by atoms with Crippen LogP contribution in [0, 0.1) is 27.2 Å². The molecule has 21 heavy (non-hydrogen) atoms. The first-order valence-electron chi connectivity index (χ1n) is 5.95. The topological polar surface area (TPSA) is 103 Å². The van der Waals surface area contributed by atoms with E-state index in [4.69, 9.17) is 0 Å². The Morgan fingerprint density at radius 3 is 2.00 bits per heavy atom. The van der Waals surface area contributed by atoms with Gasteiger partial charge in [-0.15, -0.1) is 0 Å². The van der Waals surface area contributed by atoms with Gasteiger partial charge in [-0.3, -0.25) is 25.0 Å². The van der Waals surface area contributed by atoms with Crippen LogP contribution in [0.25, 0.3) is 0 Å². The van der Waals surface area contributed by atoms with E-state index in [0.29, 0.717) is 0 Å². The molecule has 0 saturated heterocycles. The summed E-state index contributed by atoms with van der Waals surface area (Å²) >= 11 is 0. The number of rotatable bonds is 4. The highest BCUT2D eigenvalue weighted by Crippen LogP contribution is 2.34. The highest BCUT2D eigenvalue weighted by molar-refractivity contribution is 6.12. The second-order valence-corrected chi connectivity index (χ2v) is 4.34. The molecule has 0 amide bonds. The summed E-state index contributed by atoms with van der Waals surface area (Å²) in [6.07, 6.45) is 0. The number of hydrogen-bond donors (Lipinski definition) is 0. The second-order valence-electron chi connectivity index (χ2n) is 4.34. The Kier molecular flexibility index (Phi) is 3.75. The van der Waals surface area contributed by atoms with Gasteiger partial charge in [-0.05, 0) is 13.0 Å². The van der Waals surface area contributed by atoms with Crippen LogP contribution in [0.4, 0.5) is 11.4 Å². The summed E-state index contributed by atoms with van der Waals surface area (Å²) in [5.41, 5.74) is -1.34. The number of carbonyl (C=O) groups excluding carboxylic acids is 1. The summed E-state index contributed by atoms with van der Waals surface area (Å²) < 4.78 is 0. The first kappa shape index (κ1) is 14.3. The van der Waals surface area contributed by atoms with Gasteiger partial charge in [0.2, 0.25) is 0 Å². The Morgan fingerprint density at radius 1 is 0.905 bits per heavy atom. The Bertz CT molecular complexity index is 741. The second kappa shape index (κ2) is 5.49. The van der Waals surface area contributed by atoms with Gasteiger partial charge in [0.05, 0.1) is 9.85 Å². The zero-order valence-corrected chi connectivity index (χ0v) is 11.0. The maximum atomic E-state index is 12.3. The van der Waals surface area contributed by atoms with E-state index in [2.05, 4.69) is 0 Å². The standard InChI is InChI=1S/C14H10N2O5/c1-9-7-8-11(13(16(20)21)12(9)15(18)19)14(17)10-5-3-2-4-6-10/h2-8H,1H3. The lowest BCUT2D eigenvalue weighted by Crippen LogP contribution is -2.08. The summed E-state index contributed by atoms with van der Waals surface area (Å²) in [5.74, 6) is -0.620. The molecule has 2 aromatic rings. The molecule has 0 atom stereocenters. The van der Waals surface area contributed by atoms with Crippen molar-refractivity contribution in [1.29, 1.82) is 0 Å². The lowest BCUT2D eigenvalue weighted by atomic mass is 9.99. The van der Waals surface area contributed by atoms with Crippen molar-refractivity contribution >= 4 is 17.2 Å². The van der Waals surface area contributed by atoms with Gasteiger partial charge >= 0.3 is 11.4 Å². The van der Waals surface area contributed by atoms with E-state index in [-0.39, 0.29) is 16.7 Å². The van der Waals surface area contributed by atoms with E-state index < -0.39 is 27.0 Å². The molecule has 0 aromatic heterocycles. The quantitative estimate of drug-likeness (QED) is 0.488. The summed E-state index contributed by atoms with van der Waals surface area (Å²) in [7, 11) is 0. The molecule has 0 heterocycles. The molecule has 0 saturated carbocycles. The smallest absolute Gasteiger partial charge is 0.288 e. The molecule has 2 aromatic carbocycles. The summed E-state index contributed by atoms with van der Waals surface area (Å²) in [6, 6.07) is 10.5. The van der Waals surface area contributed by atoms with Gasteiger partial charge in [-0.1, -0.05) is 36.4 Å². The largest absolute Gasteiger partial charge is 0.357 e. The number of nitro groups is 2. The number of nitrogens with zero attached hydrogens (tertiary/aromatic N) is 2. The summed E-state index contributed by atoms with van der Waals surface area (Å²) in [4.78, 5) is 32.8. The molecule has 106 valence electrons. The lowest BCUT2D eigenvalue weighted by molar-refractivity contribution is -0.423. The number of nitro benzene ring substituents is 2. The van der Waals surface area contributed by atoms with Crippen LogP contribution in [0.3, 0.4) is 0 Å². The van der Waals surface area contributed by atoms with Crippen LogP contribution in [-0.4, -0.2) is 15.6 Å². The average molecular weight is 286 g/mol. The van der Waals surface area contributed by atoms with Crippen molar-refractivity contribution in [2.45, 2.75) is 6.92 Å². The zero-order valence-electron chi connectivity index (χ0n) is 11.0. The summed E-state index contributed by atoms with van der Waals surface area (Å²) in [6.45, 7) is 1.39. The Balaban J connectivity index is 2.70. The van der Waals surface area contributed by atoms with Crippen molar-refractivity contribution in [3.05, 3.63) is 79.4 Å². The van der Waals surface area contributed by atoms with Gasteiger partial charge in [-0.25, -0.2) is 0 Å². The monoisotopic (exact) mass is 286 g/mol. The molecule has 0 unspecified atom stereocenters. The van der Waals surface area contributed by atoms with Gasteiger partial charge in [0.25, 0.3) is 0 Å². The predicted molar refractivity (Wildman–Crippen MR) is 74.4 cm³/mol. The van der Waals surface area contributed by atoms with Crippen molar-refractivity contribution < 1.29 is 14.6 Å². The molecular formula is C14H10N2O5. The molecule has 0 radical (unpaired) electrons. The predicted octanol–water partition coefficient (Wildman–Crippen LogP) is 3.04. The van der Waals surface area contributed by atoms with Crippen molar-refractivity contribution in [2.75, 3.05) is 0 Å². The number of hydrogen-bond acceptors (Lipinski definition) is 5. The van der Waals surface area contributed by atoms with Crippen LogP contribution in [0.5, 0.6) is 0 Å². The van der Waals surface area contributed by atoms with Gasteiger partial charge in [0.1, 0.15) is 5.56 Å². The van der Waals surface area contributed by atoms with Crippen LogP contribution in [0.2, 0.25) is 0 Å². The van der Waals surface area contributed by atoms with E-state index in [9.17, 15) is 25.0 Å². The Hall–Kier alpha value is -3.09. The third kappa shape index (κ3) is 2.62. The van der Waals surface area contributed by atoms with E-state index in [1.807, 2.05) is 0 Å². The van der Waals surface area contributed by atoms with E-state index >= 15 is 0 Å². The number of ketones is 1. The first-order chi connectivity index (χ1) is 9.93. The highest BCUT2D eigenvalue weighted by Gasteiger charge is 2.33. The average Bonchev–Trinajstić information content (AvgIpc) is 2.46. The SMILES string of the molecule is Cc1ccc(C(=O)c2ccccc2)c([N+](=O)[O-])c1[N+](=O)[O-]. The van der Waals surface area contributed by atoms with Crippen LogP contribution in [0.1, 0.15) is 21.5 Å². The van der Waals surface area contributed by atoms with E-state index in [1.54, 1.807) is 18.2 Å². The van der Waals surface area contributed by atoms with E-state index in [0.717, 1.165) is 0 Å². The Labute approximate surface area is 119 Å². The fourth-order valence-electron chi connectivity index (χ4n) is 2.02. The van der Waals surface area contributed by atoms with Crippen molar-refractivity contribution in [2.24, 2.45) is 0 Å². The molecule has 2 rings (SSSR count). The van der Waals surface area contributed by atoms with Crippen molar-refractivity contribution in [3.8, 4) is 0 Å². The van der Waals surface area contributed by atoms with Gasteiger partial charge in [0.15, 0.2) is 5.78 Å². The van der Waals surface area contributed by atoms with Gasteiger partial charge < -0.3 is 0 Å². The molecule has 0 aliphatic heterocycles. The minimum atomic E-state index is -0.888.